The highest BCUT2D eigenvalue weighted by Gasteiger charge is 2.51. The highest BCUT2D eigenvalue weighted by Crippen LogP contribution is 2.41. The van der Waals surface area contributed by atoms with Gasteiger partial charge in [-0.25, -0.2) is 4.68 Å². The fraction of sp³-hybridized carbons (Fsp3) is 0.412. The zero-order valence-corrected chi connectivity index (χ0v) is 13.2. The first-order chi connectivity index (χ1) is 11.7. The van der Waals surface area contributed by atoms with E-state index in [1.165, 1.54) is 11.9 Å². The average molecular weight is 322 g/mol. The number of carbonyl (C=O) groups is 1. The number of fused-ring (bicyclic) bond motifs is 2. The maximum atomic E-state index is 12.3. The number of aromatic nitrogens is 3. The molecule has 1 aromatic carbocycles. The number of likely N-dealkylation sites (tertiary alicyclic amines) is 1. The smallest absolute Gasteiger partial charge is 0.246 e. The maximum Gasteiger partial charge on any atom is 0.246 e. The fourth-order valence-electron chi connectivity index (χ4n) is 3.82. The molecule has 3 heterocycles. The van der Waals surface area contributed by atoms with E-state index >= 15 is 0 Å². The Morgan fingerprint density at radius 1 is 1.29 bits per heavy atom. The van der Waals surface area contributed by atoms with Crippen molar-refractivity contribution in [3.05, 3.63) is 42.2 Å². The lowest BCUT2D eigenvalue weighted by Gasteiger charge is -2.45. The fourth-order valence-corrected chi connectivity index (χ4v) is 3.82. The number of benzene rings is 1. The molecule has 7 heteroatoms. The van der Waals surface area contributed by atoms with E-state index in [4.69, 9.17) is 0 Å². The van der Waals surface area contributed by atoms with E-state index in [-0.39, 0.29) is 5.91 Å². The van der Waals surface area contributed by atoms with Gasteiger partial charge in [0, 0.05) is 19.6 Å². The van der Waals surface area contributed by atoms with Gasteiger partial charge < -0.3 is 0 Å². The minimum absolute atomic E-state index is 0.269. The van der Waals surface area contributed by atoms with E-state index in [0.717, 1.165) is 19.6 Å². The standard InChI is InChI=1S/C17H18N6O/c18-10-14-15(24)21-16-19-12-20-23(16)17(14)6-8-22(9-7-17)11-13-4-2-1-3-5-13/h1-5,12,14H,6-9,11H2,(H,19,20,21,24)/t14-/m0/s1. The van der Waals surface area contributed by atoms with Crippen LogP contribution in [0, 0.1) is 17.2 Å². The molecule has 1 saturated heterocycles. The summed E-state index contributed by atoms with van der Waals surface area (Å²) in [5.41, 5.74) is 0.684. The van der Waals surface area contributed by atoms with Gasteiger partial charge >= 0.3 is 0 Å². The van der Waals surface area contributed by atoms with E-state index in [9.17, 15) is 10.1 Å². The largest absolute Gasteiger partial charge is 0.299 e. The molecule has 0 radical (unpaired) electrons. The summed E-state index contributed by atoms with van der Waals surface area (Å²) in [6.07, 6.45) is 2.86. The van der Waals surface area contributed by atoms with Gasteiger partial charge in [-0.05, 0) is 18.4 Å². The summed E-state index contributed by atoms with van der Waals surface area (Å²) in [7, 11) is 0. The third kappa shape index (κ3) is 2.27. The van der Waals surface area contributed by atoms with Crippen LogP contribution in [0.3, 0.4) is 0 Å². The number of hydrogen-bond acceptors (Lipinski definition) is 5. The van der Waals surface area contributed by atoms with Gasteiger partial charge in [-0.15, -0.1) is 0 Å². The van der Waals surface area contributed by atoms with Crippen LogP contribution in [0.4, 0.5) is 5.95 Å². The SMILES string of the molecule is N#C[C@H]1C(=O)Nc2ncnn2C12CCN(Cc1ccccc1)CC2. The number of nitrogens with zero attached hydrogens (tertiary/aromatic N) is 5. The topological polar surface area (TPSA) is 86.8 Å². The molecule has 0 saturated carbocycles. The molecule has 1 fully saturated rings. The molecular formula is C17H18N6O. The minimum atomic E-state index is -0.731. The van der Waals surface area contributed by atoms with Crippen LogP contribution in [0.5, 0.6) is 0 Å². The van der Waals surface area contributed by atoms with Crippen LogP contribution >= 0.6 is 0 Å². The van der Waals surface area contributed by atoms with Gasteiger partial charge in [0.05, 0.1) is 11.6 Å². The van der Waals surface area contributed by atoms with Crippen molar-refractivity contribution < 1.29 is 4.79 Å². The molecule has 24 heavy (non-hydrogen) atoms. The molecule has 1 aromatic heterocycles. The summed E-state index contributed by atoms with van der Waals surface area (Å²) in [6.45, 7) is 2.52. The van der Waals surface area contributed by atoms with Gasteiger partial charge in [0.2, 0.25) is 11.9 Å². The third-order valence-electron chi connectivity index (χ3n) is 5.10. The number of anilines is 1. The Morgan fingerprint density at radius 2 is 2.04 bits per heavy atom. The highest BCUT2D eigenvalue weighted by atomic mass is 16.2. The van der Waals surface area contributed by atoms with Crippen molar-refractivity contribution in [1.82, 2.24) is 19.7 Å². The molecule has 1 spiro atoms. The Morgan fingerprint density at radius 3 is 2.75 bits per heavy atom. The normalized spacial score (nSPS) is 22.6. The van der Waals surface area contributed by atoms with Gasteiger partial charge in [0.15, 0.2) is 5.92 Å². The van der Waals surface area contributed by atoms with Gasteiger partial charge in [0.25, 0.3) is 0 Å². The Balaban J connectivity index is 1.57. The Kier molecular flexibility index (Phi) is 3.54. The summed E-state index contributed by atoms with van der Waals surface area (Å²) >= 11 is 0. The van der Waals surface area contributed by atoms with Crippen LogP contribution < -0.4 is 5.32 Å². The van der Waals surface area contributed by atoms with Gasteiger partial charge in [0.1, 0.15) is 6.33 Å². The molecule has 2 aliphatic heterocycles. The maximum absolute atomic E-state index is 12.3. The van der Waals surface area contributed by atoms with Crippen molar-refractivity contribution in [2.24, 2.45) is 5.92 Å². The quantitative estimate of drug-likeness (QED) is 0.902. The summed E-state index contributed by atoms with van der Waals surface area (Å²) in [5, 5.41) is 16.5. The lowest BCUT2D eigenvalue weighted by molar-refractivity contribution is -0.124. The predicted octanol–water partition coefficient (Wildman–Crippen LogP) is 1.36. The Labute approximate surface area is 139 Å². The zero-order valence-electron chi connectivity index (χ0n) is 13.2. The third-order valence-corrected chi connectivity index (χ3v) is 5.10. The molecule has 0 aliphatic carbocycles. The molecule has 2 aromatic rings. The van der Waals surface area contributed by atoms with E-state index in [1.54, 1.807) is 4.68 Å². The van der Waals surface area contributed by atoms with E-state index in [0.29, 0.717) is 18.8 Å². The van der Waals surface area contributed by atoms with Crippen molar-refractivity contribution in [3.63, 3.8) is 0 Å². The van der Waals surface area contributed by atoms with Crippen LogP contribution in [-0.4, -0.2) is 38.7 Å². The monoisotopic (exact) mass is 322 g/mol. The van der Waals surface area contributed by atoms with Gasteiger partial charge in [-0.1, -0.05) is 30.3 Å². The summed E-state index contributed by atoms with van der Waals surface area (Å²) in [6, 6.07) is 12.5. The number of piperidine rings is 1. The molecule has 0 unspecified atom stereocenters. The lowest BCUT2D eigenvalue weighted by atomic mass is 9.75. The van der Waals surface area contributed by atoms with Crippen molar-refractivity contribution in [3.8, 4) is 6.07 Å². The highest BCUT2D eigenvalue weighted by molar-refractivity contribution is 5.95. The number of nitriles is 1. The van der Waals surface area contributed by atoms with E-state index < -0.39 is 11.5 Å². The van der Waals surface area contributed by atoms with Crippen molar-refractivity contribution in [2.75, 3.05) is 18.4 Å². The minimum Gasteiger partial charge on any atom is -0.299 e. The Hall–Kier alpha value is -2.72. The van der Waals surface area contributed by atoms with E-state index in [2.05, 4.69) is 38.5 Å². The van der Waals surface area contributed by atoms with Crippen molar-refractivity contribution in [1.29, 1.82) is 5.26 Å². The number of hydrogen-bond donors (Lipinski definition) is 1. The first-order valence-electron chi connectivity index (χ1n) is 8.10. The molecule has 2 aliphatic rings. The molecule has 122 valence electrons. The lowest BCUT2D eigenvalue weighted by Crippen LogP contribution is -2.56. The molecule has 4 rings (SSSR count). The van der Waals surface area contributed by atoms with Crippen molar-refractivity contribution >= 4 is 11.9 Å². The number of carbonyl (C=O) groups excluding carboxylic acids is 1. The summed E-state index contributed by atoms with van der Waals surface area (Å²) in [4.78, 5) is 18.8. The molecule has 1 atom stereocenters. The van der Waals surface area contributed by atoms with Crippen molar-refractivity contribution in [2.45, 2.75) is 24.9 Å². The second-order valence-corrected chi connectivity index (χ2v) is 6.41. The second kappa shape index (κ2) is 5.73. The van der Waals surface area contributed by atoms with Crippen LogP contribution in [0.1, 0.15) is 18.4 Å². The van der Waals surface area contributed by atoms with Crippen LogP contribution in [0.25, 0.3) is 0 Å². The number of rotatable bonds is 2. The molecule has 0 bridgehead atoms. The van der Waals surface area contributed by atoms with Crippen LogP contribution in [0.15, 0.2) is 36.7 Å². The molecule has 1 amide bonds. The zero-order chi connectivity index (χ0) is 16.6. The molecule has 1 N–H and O–H groups in total. The molecular weight excluding hydrogens is 304 g/mol. The average Bonchev–Trinajstić information content (AvgIpc) is 3.07. The second-order valence-electron chi connectivity index (χ2n) is 6.41. The van der Waals surface area contributed by atoms with Gasteiger partial charge in [-0.2, -0.15) is 15.3 Å². The van der Waals surface area contributed by atoms with Crippen LogP contribution in [-0.2, 0) is 16.9 Å². The van der Waals surface area contributed by atoms with E-state index in [1.807, 2.05) is 18.2 Å². The Bertz CT molecular complexity index is 785. The predicted molar refractivity (Wildman–Crippen MR) is 86.7 cm³/mol. The number of nitrogens with one attached hydrogen (secondary N) is 1. The first-order valence-corrected chi connectivity index (χ1v) is 8.10. The number of amides is 1. The summed E-state index contributed by atoms with van der Waals surface area (Å²) < 4.78 is 1.75. The van der Waals surface area contributed by atoms with Gasteiger partial charge in [-0.3, -0.25) is 15.0 Å². The first kappa shape index (κ1) is 14.8. The molecule has 7 nitrogen and oxygen atoms in total. The van der Waals surface area contributed by atoms with Crippen LogP contribution in [0.2, 0.25) is 0 Å². The summed E-state index contributed by atoms with van der Waals surface area (Å²) in [5.74, 6) is -0.553.